The molecular formula is C13H17N3O2S. The van der Waals surface area contributed by atoms with Gasteiger partial charge >= 0.3 is 0 Å². The van der Waals surface area contributed by atoms with Crippen LogP contribution in [0.4, 0.5) is 5.69 Å². The first-order valence-corrected chi connectivity index (χ1v) is 7.40. The molecule has 1 heterocycles. The van der Waals surface area contributed by atoms with Crippen molar-refractivity contribution in [2.75, 3.05) is 4.72 Å². The van der Waals surface area contributed by atoms with Crippen molar-refractivity contribution >= 4 is 15.7 Å². The normalized spacial score (nSPS) is 12.4. The number of hydrogen-bond donors (Lipinski definition) is 1. The summed E-state index contributed by atoms with van der Waals surface area (Å²) in [5.74, 6) is 0. The van der Waals surface area contributed by atoms with Crippen LogP contribution in [0.1, 0.15) is 20.8 Å². The van der Waals surface area contributed by atoms with Crippen LogP contribution in [-0.2, 0) is 15.6 Å². The number of benzene rings is 1. The molecule has 0 fully saturated rings. The van der Waals surface area contributed by atoms with Crippen molar-refractivity contribution in [2.24, 2.45) is 0 Å². The summed E-state index contributed by atoms with van der Waals surface area (Å²) >= 11 is 0. The molecule has 6 heteroatoms. The molecule has 0 aliphatic heterocycles. The van der Waals surface area contributed by atoms with E-state index in [4.69, 9.17) is 0 Å². The summed E-state index contributed by atoms with van der Waals surface area (Å²) in [5.41, 5.74) is 0.273. The predicted molar refractivity (Wildman–Crippen MR) is 74.5 cm³/mol. The van der Waals surface area contributed by atoms with Crippen LogP contribution >= 0.6 is 0 Å². The van der Waals surface area contributed by atoms with Crippen LogP contribution in [0.3, 0.4) is 0 Å². The summed E-state index contributed by atoms with van der Waals surface area (Å²) in [4.78, 5) is 0.235. The first-order chi connectivity index (χ1) is 8.79. The molecule has 0 radical (unpaired) electrons. The van der Waals surface area contributed by atoms with Crippen molar-refractivity contribution in [1.29, 1.82) is 0 Å². The molecule has 0 aliphatic rings. The minimum atomic E-state index is -3.55. The maximum atomic E-state index is 12.1. The third-order valence-electron chi connectivity index (χ3n) is 2.58. The Kier molecular flexibility index (Phi) is 3.36. The molecule has 0 saturated carbocycles. The van der Waals surface area contributed by atoms with E-state index in [1.54, 1.807) is 41.2 Å². The van der Waals surface area contributed by atoms with Gasteiger partial charge in [0.05, 0.1) is 22.3 Å². The van der Waals surface area contributed by atoms with Gasteiger partial charge in [-0.2, -0.15) is 5.10 Å². The molecule has 0 amide bonds. The average molecular weight is 279 g/mol. The number of nitrogens with zero attached hydrogens (tertiary/aromatic N) is 2. The number of anilines is 1. The van der Waals surface area contributed by atoms with E-state index in [1.165, 1.54) is 6.20 Å². The molecule has 19 heavy (non-hydrogen) atoms. The van der Waals surface area contributed by atoms with Crippen LogP contribution in [-0.4, -0.2) is 18.2 Å². The maximum Gasteiger partial charge on any atom is 0.261 e. The molecule has 0 saturated heterocycles. The molecule has 0 aliphatic carbocycles. The van der Waals surface area contributed by atoms with Gasteiger partial charge in [-0.15, -0.1) is 0 Å². The van der Waals surface area contributed by atoms with E-state index in [-0.39, 0.29) is 10.4 Å². The topological polar surface area (TPSA) is 64.0 Å². The molecule has 0 atom stereocenters. The highest BCUT2D eigenvalue weighted by Gasteiger charge is 2.17. The van der Waals surface area contributed by atoms with Crippen LogP contribution in [0.5, 0.6) is 0 Å². The van der Waals surface area contributed by atoms with E-state index >= 15 is 0 Å². The first kappa shape index (κ1) is 13.6. The Bertz CT molecular complexity index is 655. The van der Waals surface area contributed by atoms with Crippen molar-refractivity contribution in [3.05, 3.63) is 42.7 Å². The zero-order valence-corrected chi connectivity index (χ0v) is 12.0. The van der Waals surface area contributed by atoms with Gasteiger partial charge in [-0.1, -0.05) is 18.2 Å². The number of sulfonamides is 1. The lowest BCUT2D eigenvalue weighted by Gasteiger charge is -2.18. The lowest BCUT2D eigenvalue weighted by atomic mass is 10.1. The monoisotopic (exact) mass is 279 g/mol. The lowest BCUT2D eigenvalue weighted by Crippen LogP contribution is -2.22. The molecule has 102 valence electrons. The summed E-state index contributed by atoms with van der Waals surface area (Å²) in [5, 5.41) is 4.16. The fourth-order valence-electron chi connectivity index (χ4n) is 1.56. The molecule has 5 nitrogen and oxygen atoms in total. The smallest absolute Gasteiger partial charge is 0.261 e. The van der Waals surface area contributed by atoms with Gasteiger partial charge in [0.1, 0.15) is 0 Å². The zero-order valence-electron chi connectivity index (χ0n) is 11.2. The van der Waals surface area contributed by atoms with E-state index in [0.717, 1.165) is 0 Å². The Morgan fingerprint density at radius 3 is 2.32 bits per heavy atom. The van der Waals surface area contributed by atoms with Gasteiger partial charge in [0.15, 0.2) is 0 Å². The third kappa shape index (κ3) is 3.14. The Labute approximate surface area is 113 Å². The first-order valence-electron chi connectivity index (χ1n) is 5.92. The van der Waals surface area contributed by atoms with E-state index in [1.807, 2.05) is 20.8 Å². The number of hydrogen-bond acceptors (Lipinski definition) is 3. The molecule has 1 aromatic heterocycles. The lowest BCUT2D eigenvalue weighted by molar-refractivity contribution is 0.355. The van der Waals surface area contributed by atoms with Gasteiger partial charge in [0, 0.05) is 6.20 Å². The SMILES string of the molecule is CC(C)(C)n1cc(NS(=O)(=O)c2ccccc2)cn1. The summed E-state index contributed by atoms with van der Waals surface area (Å²) < 4.78 is 28.5. The third-order valence-corrected chi connectivity index (χ3v) is 3.97. The van der Waals surface area contributed by atoms with Crippen molar-refractivity contribution in [3.8, 4) is 0 Å². The molecule has 1 aromatic carbocycles. The molecule has 0 unspecified atom stereocenters. The largest absolute Gasteiger partial charge is 0.276 e. The molecule has 0 spiro atoms. The highest BCUT2D eigenvalue weighted by atomic mass is 32.2. The predicted octanol–water partition coefficient (Wildman–Crippen LogP) is 2.44. The number of rotatable bonds is 3. The van der Waals surface area contributed by atoms with Crippen LogP contribution < -0.4 is 4.72 Å². The molecule has 0 bridgehead atoms. The summed E-state index contributed by atoms with van der Waals surface area (Å²) in [6, 6.07) is 8.25. The second-order valence-corrected chi connectivity index (χ2v) is 6.95. The van der Waals surface area contributed by atoms with E-state index in [2.05, 4.69) is 9.82 Å². The van der Waals surface area contributed by atoms with Gasteiger partial charge in [0.25, 0.3) is 10.0 Å². The number of aromatic nitrogens is 2. The standard InChI is InChI=1S/C13H17N3O2S/c1-13(2,3)16-10-11(9-14-16)15-19(17,18)12-7-5-4-6-8-12/h4-10,15H,1-3H3. The highest BCUT2D eigenvalue weighted by Crippen LogP contribution is 2.18. The average Bonchev–Trinajstić information content (AvgIpc) is 2.78. The van der Waals surface area contributed by atoms with Crippen LogP contribution in [0, 0.1) is 0 Å². The summed E-state index contributed by atoms with van der Waals surface area (Å²) in [6.45, 7) is 5.99. The summed E-state index contributed by atoms with van der Waals surface area (Å²) in [6.07, 6.45) is 3.19. The van der Waals surface area contributed by atoms with Gasteiger partial charge in [-0.3, -0.25) is 9.40 Å². The van der Waals surface area contributed by atoms with Crippen molar-refractivity contribution in [3.63, 3.8) is 0 Å². The van der Waals surface area contributed by atoms with Crippen molar-refractivity contribution in [1.82, 2.24) is 9.78 Å². The minimum Gasteiger partial charge on any atom is -0.276 e. The minimum absolute atomic E-state index is 0.184. The van der Waals surface area contributed by atoms with Crippen molar-refractivity contribution < 1.29 is 8.42 Å². The Morgan fingerprint density at radius 1 is 1.16 bits per heavy atom. The molecule has 1 N–H and O–H groups in total. The highest BCUT2D eigenvalue weighted by molar-refractivity contribution is 7.92. The van der Waals surface area contributed by atoms with Gasteiger partial charge < -0.3 is 0 Å². The van der Waals surface area contributed by atoms with E-state index in [0.29, 0.717) is 5.69 Å². The van der Waals surface area contributed by atoms with Crippen LogP contribution in [0.15, 0.2) is 47.6 Å². The molecule has 2 rings (SSSR count). The number of nitrogens with one attached hydrogen (secondary N) is 1. The second-order valence-electron chi connectivity index (χ2n) is 5.26. The van der Waals surface area contributed by atoms with E-state index < -0.39 is 10.0 Å². The Morgan fingerprint density at radius 2 is 1.79 bits per heavy atom. The van der Waals surface area contributed by atoms with Crippen molar-refractivity contribution in [2.45, 2.75) is 31.2 Å². The fraction of sp³-hybridized carbons (Fsp3) is 0.308. The van der Waals surface area contributed by atoms with Crippen LogP contribution in [0.2, 0.25) is 0 Å². The zero-order chi connectivity index (χ0) is 14.1. The van der Waals surface area contributed by atoms with Gasteiger partial charge in [0.2, 0.25) is 0 Å². The molecule has 2 aromatic rings. The Hall–Kier alpha value is -1.82. The maximum absolute atomic E-state index is 12.1. The van der Waals surface area contributed by atoms with E-state index in [9.17, 15) is 8.42 Å². The quantitative estimate of drug-likeness (QED) is 0.938. The molecular weight excluding hydrogens is 262 g/mol. The summed E-state index contributed by atoms with van der Waals surface area (Å²) in [7, 11) is -3.55. The fourth-order valence-corrected chi connectivity index (χ4v) is 2.61. The van der Waals surface area contributed by atoms with Gasteiger partial charge in [-0.25, -0.2) is 8.42 Å². The van der Waals surface area contributed by atoms with Crippen LogP contribution in [0.25, 0.3) is 0 Å². The second kappa shape index (κ2) is 4.70. The Balaban J connectivity index is 2.25. The van der Waals surface area contributed by atoms with Gasteiger partial charge in [-0.05, 0) is 32.9 Å².